The molecular weight excluding hydrogens is 322 g/mol. The third-order valence-corrected chi connectivity index (χ3v) is 5.27. The molecular formula is C19H30ClN3O. The second-order valence-electron chi connectivity index (χ2n) is 6.67. The molecule has 1 fully saturated rings. The summed E-state index contributed by atoms with van der Waals surface area (Å²) in [6.07, 6.45) is 7.07. The third kappa shape index (κ3) is 5.67. The molecule has 1 aromatic rings. The van der Waals surface area contributed by atoms with E-state index >= 15 is 0 Å². The van der Waals surface area contributed by atoms with Gasteiger partial charge in [0, 0.05) is 24.7 Å². The second kappa shape index (κ2) is 9.90. The number of rotatable bonds is 7. The van der Waals surface area contributed by atoms with Crippen LogP contribution in [0, 0.1) is 5.41 Å². The minimum atomic E-state index is 0.202. The van der Waals surface area contributed by atoms with Gasteiger partial charge in [-0.25, -0.2) is 4.99 Å². The number of aliphatic hydroxyl groups excluding tert-OH is 1. The summed E-state index contributed by atoms with van der Waals surface area (Å²) >= 11 is 6.21. The van der Waals surface area contributed by atoms with Gasteiger partial charge in [-0.2, -0.15) is 0 Å². The van der Waals surface area contributed by atoms with Gasteiger partial charge in [-0.1, -0.05) is 49.1 Å². The van der Waals surface area contributed by atoms with E-state index < -0.39 is 0 Å². The predicted octanol–water partition coefficient (Wildman–Crippen LogP) is 3.73. The van der Waals surface area contributed by atoms with Crippen LogP contribution in [0.15, 0.2) is 29.3 Å². The Morgan fingerprint density at radius 3 is 2.62 bits per heavy atom. The molecule has 3 N–H and O–H groups in total. The van der Waals surface area contributed by atoms with Crippen molar-refractivity contribution in [2.24, 2.45) is 10.4 Å². The molecule has 1 aliphatic rings. The van der Waals surface area contributed by atoms with Gasteiger partial charge in [-0.15, -0.1) is 0 Å². The zero-order valence-corrected chi connectivity index (χ0v) is 15.4. The number of halogens is 1. The van der Waals surface area contributed by atoms with Gasteiger partial charge in [0.1, 0.15) is 0 Å². The fraction of sp³-hybridized carbons (Fsp3) is 0.632. The monoisotopic (exact) mass is 351 g/mol. The van der Waals surface area contributed by atoms with Crippen LogP contribution in [-0.2, 0) is 6.54 Å². The highest BCUT2D eigenvalue weighted by Crippen LogP contribution is 2.38. The number of benzene rings is 1. The second-order valence-corrected chi connectivity index (χ2v) is 7.08. The van der Waals surface area contributed by atoms with Crippen molar-refractivity contribution in [3.8, 4) is 0 Å². The maximum absolute atomic E-state index is 9.45. The highest BCUT2D eigenvalue weighted by atomic mass is 35.5. The molecule has 1 aliphatic carbocycles. The van der Waals surface area contributed by atoms with E-state index in [-0.39, 0.29) is 12.0 Å². The fourth-order valence-electron chi connectivity index (χ4n) is 3.46. The zero-order valence-electron chi connectivity index (χ0n) is 14.7. The van der Waals surface area contributed by atoms with E-state index in [0.29, 0.717) is 6.54 Å². The minimum Gasteiger partial charge on any atom is -0.396 e. The largest absolute Gasteiger partial charge is 0.396 e. The maximum atomic E-state index is 9.45. The normalized spacial score (nSPS) is 17.5. The van der Waals surface area contributed by atoms with E-state index in [1.54, 1.807) is 0 Å². The molecule has 24 heavy (non-hydrogen) atoms. The number of aliphatic imine (C=N–C) groups is 1. The van der Waals surface area contributed by atoms with Gasteiger partial charge in [-0.3, -0.25) is 0 Å². The molecule has 4 nitrogen and oxygen atoms in total. The molecule has 0 unspecified atom stereocenters. The van der Waals surface area contributed by atoms with Crippen LogP contribution in [0.2, 0.25) is 5.02 Å². The molecule has 134 valence electrons. The zero-order chi connectivity index (χ0) is 17.3. The summed E-state index contributed by atoms with van der Waals surface area (Å²) in [6, 6.07) is 7.81. The quantitative estimate of drug-likeness (QED) is 0.518. The number of aliphatic hydroxyl groups is 1. The summed E-state index contributed by atoms with van der Waals surface area (Å²) in [5, 5.41) is 17.0. The van der Waals surface area contributed by atoms with Crippen LogP contribution in [0.3, 0.4) is 0 Å². The minimum absolute atomic E-state index is 0.202. The van der Waals surface area contributed by atoms with Crippen LogP contribution in [0.4, 0.5) is 0 Å². The van der Waals surface area contributed by atoms with Crippen molar-refractivity contribution in [2.45, 2.75) is 52.0 Å². The van der Waals surface area contributed by atoms with Gasteiger partial charge in [-0.05, 0) is 43.2 Å². The van der Waals surface area contributed by atoms with E-state index in [9.17, 15) is 5.11 Å². The van der Waals surface area contributed by atoms with E-state index in [4.69, 9.17) is 11.6 Å². The van der Waals surface area contributed by atoms with Gasteiger partial charge in [0.05, 0.1) is 6.54 Å². The SMILES string of the molecule is CCNC(=NCc1ccccc1Cl)NCC1(CCO)CCCCC1. The van der Waals surface area contributed by atoms with Gasteiger partial charge in [0.15, 0.2) is 5.96 Å². The average Bonchev–Trinajstić information content (AvgIpc) is 2.60. The van der Waals surface area contributed by atoms with Crippen molar-refractivity contribution < 1.29 is 5.11 Å². The van der Waals surface area contributed by atoms with Gasteiger partial charge in [0.2, 0.25) is 0 Å². The first-order valence-electron chi connectivity index (χ1n) is 9.05. The summed E-state index contributed by atoms with van der Waals surface area (Å²) in [7, 11) is 0. The van der Waals surface area contributed by atoms with Crippen LogP contribution in [0.25, 0.3) is 0 Å². The van der Waals surface area contributed by atoms with Crippen molar-refractivity contribution in [1.82, 2.24) is 10.6 Å². The Morgan fingerprint density at radius 1 is 1.21 bits per heavy atom. The Labute approximate surface area is 150 Å². The van der Waals surface area contributed by atoms with Crippen LogP contribution >= 0.6 is 11.6 Å². The highest BCUT2D eigenvalue weighted by molar-refractivity contribution is 6.31. The lowest BCUT2D eigenvalue weighted by Crippen LogP contribution is -2.44. The van der Waals surface area contributed by atoms with E-state index in [2.05, 4.69) is 22.5 Å². The lowest BCUT2D eigenvalue weighted by atomic mass is 9.72. The summed E-state index contributed by atoms with van der Waals surface area (Å²) in [5.74, 6) is 0.820. The van der Waals surface area contributed by atoms with Gasteiger partial charge < -0.3 is 15.7 Å². The first kappa shape index (κ1) is 19.1. The number of guanidine groups is 1. The van der Waals surface area contributed by atoms with E-state index in [0.717, 1.165) is 36.1 Å². The summed E-state index contributed by atoms with van der Waals surface area (Å²) in [5.41, 5.74) is 1.23. The molecule has 0 bridgehead atoms. The van der Waals surface area contributed by atoms with E-state index in [1.165, 1.54) is 32.1 Å². The molecule has 0 saturated heterocycles. The van der Waals surface area contributed by atoms with Crippen LogP contribution in [0.5, 0.6) is 0 Å². The van der Waals surface area contributed by atoms with Crippen molar-refractivity contribution in [1.29, 1.82) is 0 Å². The van der Waals surface area contributed by atoms with Gasteiger partial charge in [0.25, 0.3) is 0 Å². The molecule has 0 radical (unpaired) electrons. The predicted molar refractivity (Wildman–Crippen MR) is 101 cm³/mol. The molecule has 1 saturated carbocycles. The Morgan fingerprint density at radius 2 is 1.96 bits per heavy atom. The lowest BCUT2D eigenvalue weighted by Gasteiger charge is -2.37. The molecule has 1 aromatic carbocycles. The first-order chi connectivity index (χ1) is 11.7. The Balaban J connectivity index is 1.99. The standard InChI is InChI=1S/C19H30ClN3O/c1-2-21-18(22-14-16-8-4-5-9-17(16)20)23-15-19(12-13-24)10-6-3-7-11-19/h4-5,8-9,24H,2-3,6-7,10-15H2,1H3,(H2,21,22,23). The molecule has 0 aromatic heterocycles. The van der Waals surface area contributed by atoms with Crippen molar-refractivity contribution in [3.63, 3.8) is 0 Å². The molecule has 5 heteroatoms. The molecule has 0 spiro atoms. The molecule has 0 heterocycles. The summed E-state index contributed by atoms with van der Waals surface area (Å²) < 4.78 is 0. The Hall–Kier alpha value is -1.26. The Kier molecular flexibility index (Phi) is 7.86. The first-order valence-corrected chi connectivity index (χ1v) is 9.43. The summed E-state index contributed by atoms with van der Waals surface area (Å²) in [4.78, 5) is 4.67. The van der Waals surface area contributed by atoms with Crippen molar-refractivity contribution in [2.75, 3.05) is 19.7 Å². The fourth-order valence-corrected chi connectivity index (χ4v) is 3.65. The number of hydrogen-bond donors (Lipinski definition) is 3. The molecule has 0 atom stereocenters. The van der Waals surface area contributed by atoms with Crippen molar-refractivity contribution in [3.05, 3.63) is 34.9 Å². The lowest BCUT2D eigenvalue weighted by molar-refractivity contribution is 0.131. The van der Waals surface area contributed by atoms with Crippen LogP contribution in [0.1, 0.15) is 51.0 Å². The molecule has 0 amide bonds. The topological polar surface area (TPSA) is 56.7 Å². The van der Waals surface area contributed by atoms with Crippen molar-refractivity contribution >= 4 is 17.6 Å². The smallest absolute Gasteiger partial charge is 0.191 e. The number of nitrogens with zero attached hydrogens (tertiary/aromatic N) is 1. The maximum Gasteiger partial charge on any atom is 0.191 e. The average molecular weight is 352 g/mol. The molecule has 0 aliphatic heterocycles. The molecule has 2 rings (SSSR count). The van der Waals surface area contributed by atoms with Crippen LogP contribution < -0.4 is 10.6 Å². The van der Waals surface area contributed by atoms with E-state index in [1.807, 2.05) is 24.3 Å². The third-order valence-electron chi connectivity index (χ3n) is 4.90. The van der Waals surface area contributed by atoms with Gasteiger partial charge >= 0.3 is 0 Å². The Bertz CT molecular complexity index is 522. The van der Waals surface area contributed by atoms with Crippen LogP contribution in [-0.4, -0.2) is 30.8 Å². The highest BCUT2D eigenvalue weighted by Gasteiger charge is 2.31. The summed E-state index contributed by atoms with van der Waals surface area (Å²) in [6.45, 7) is 4.57. The number of nitrogens with one attached hydrogen (secondary N) is 2. The number of hydrogen-bond acceptors (Lipinski definition) is 2.